The predicted molar refractivity (Wildman–Crippen MR) is 119 cm³/mol. The van der Waals surface area contributed by atoms with E-state index in [0.29, 0.717) is 31.7 Å². The number of nitrogens with one attached hydrogen (secondary N) is 1. The number of benzene rings is 2. The first-order valence-electron chi connectivity index (χ1n) is 10.1. The van der Waals surface area contributed by atoms with Crippen molar-refractivity contribution in [3.63, 3.8) is 0 Å². The molecule has 3 aromatic rings. The number of halogens is 2. The molecule has 0 radical (unpaired) electrons. The number of fused-ring (bicyclic) bond motifs is 1. The third kappa shape index (κ3) is 5.01. The van der Waals surface area contributed by atoms with E-state index < -0.39 is 22.4 Å². The number of carbonyl (C=O) groups is 1. The van der Waals surface area contributed by atoms with E-state index in [2.05, 4.69) is 9.71 Å². The Bertz CT molecular complexity index is 1240. The first kappa shape index (κ1) is 22.4. The van der Waals surface area contributed by atoms with Crippen molar-refractivity contribution in [2.75, 3.05) is 19.6 Å². The number of rotatable bonds is 6. The van der Waals surface area contributed by atoms with Crippen molar-refractivity contribution in [3.8, 4) is 5.75 Å². The topological polar surface area (TPSA) is 88.6 Å². The van der Waals surface area contributed by atoms with Crippen molar-refractivity contribution in [1.82, 2.24) is 14.6 Å². The molecule has 0 unspecified atom stereocenters. The highest BCUT2D eigenvalue weighted by molar-refractivity contribution is 7.89. The summed E-state index contributed by atoms with van der Waals surface area (Å²) in [7, 11) is -3.99. The Morgan fingerprint density at radius 2 is 1.94 bits per heavy atom. The zero-order chi connectivity index (χ0) is 22.7. The molecule has 1 aromatic heterocycles. The summed E-state index contributed by atoms with van der Waals surface area (Å²) in [6.45, 7) is 0.508. The summed E-state index contributed by atoms with van der Waals surface area (Å²) in [5, 5.41) is 0.690. The number of para-hydroxylation sites is 1. The summed E-state index contributed by atoms with van der Waals surface area (Å²) in [6, 6.07) is 12.7. The van der Waals surface area contributed by atoms with Crippen LogP contribution in [0.25, 0.3) is 10.9 Å². The summed E-state index contributed by atoms with van der Waals surface area (Å²) < 4.78 is 46.4. The van der Waals surface area contributed by atoms with E-state index in [4.69, 9.17) is 16.3 Å². The van der Waals surface area contributed by atoms with Gasteiger partial charge in [-0.1, -0.05) is 29.8 Å². The van der Waals surface area contributed by atoms with E-state index in [0.717, 1.165) is 29.1 Å². The van der Waals surface area contributed by atoms with Gasteiger partial charge < -0.3 is 9.64 Å². The third-order valence-electron chi connectivity index (χ3n) is 5.30. The Balaban J connectivity index is 1.31. The number of ether oxygens (including phenoxy) is 1. The quantitative estimate of drug-likeness (QED) is 0.588. The molecule has 2 heterocycles. The molecule has 7 nitrogen and oxygen atoms in total. The summed E-state index contributed by atoms with van der Waals surface area (Å²) in [6.07, 6.45) is 2.90. The number of nitrogens with zero attached hydrogens (tertiary/aromatic N) is 2. The molecule has 0 spiro atoms. The van der Waals surface area contributed by atoms with Crippen LogP contribution in [0.15, 0.2) is 59.6 Å². The first-order valence-corrected chi connectivity index (χ1v) is 11.9. The van der Waals surface area contributed by atoms with Gasteiger partial charge in [-0.25, -0.2) is 17.5 Å². The zero-order valence-electron chi connectivity index (χ0n) is 17.0. The molecule has 32 heavy (non-hydrogen) atoms. The lowest BCUT2D eigenvalue weighted by atomic mass is 10.1. The number of pyridine rings is 1. The molecule has 0 saturated carbocycles. The fourth-order valence-electron chi connectivity index (χ4n) is 3.57. The van der Waals surface area contributed by atoms with Crippen molar-refractivity contribution in [1.29, 1.82) is 0 Å². The number of aromatic nitrogens is 1. The number of hydrogen-bond acceptors (Lipinski definition) is 5. The molecular formula is C22H21ClFN3O4S. The molecule has 0 atom stereocenters. The van der Waals surface area contributed by atoms with Crippen LogP contribution < -0.4 is 9.46 Å². The van der Waals surface area contributed by atoms with E-state index in [1.165, 1.54) is 0 Å². The van der Waals surface area contributed by atoms with Crippen molar-refractivity contribution >= 4 is 38.4 Å². The van der Waals surface area contributed by atoms with Gasteiger partial charge in [-0.3, -0.25) is 9.78 Å². The molecule has 1 N–H and O–H groups in total. The monoisotopic (exact) mass is 477 g/mol. The van der Waals surface area contributed by atoms with E-state index in [1.807, 2.05) is 30.3 Å². The molecule has 10 heteroatoms. The van der Waals surface area contributed by atoms with E-state index >= 15 is 0 Å². The van der Waals surface area contributed by atoms with Crippen molar-refractivity contribution in [2.45, 2.75) is 23.8 Å². The summed E-state index contributed by atoms with van der Waals surface area (Å²) in [5.74, 6) is -0.350. The second-order valence-corrected chi connectivity index (χ2v) is 9.60. The predicted octanol–water partition coefficient (Wildman–Crippen LogP) is 3.38. The van der Waals surface area contributed by atoms with Gasteiger partial charge in [0.2, 0.25) is 15.9 Å². The van der Waals surface area contributed by atoms with Gasteiger partial charge in [0.1, 0.15) is 23.2 Å². The minimum Gasteiger partial charge on any atom is -0.488 e. The fourth-order valence-corrected chi connectivity index (χ4v) is 4.82. The molecule has 4 rings (SSSR count). The van der Waals surface area contributed by atoms with Crippen LogP contribution in [-0.4, -0.2) is 49.9 Å². The van der Waals surface area contributed by atoms with Crippen LogP contribution in [0.5, 0.6) is 5.75 Å². The van der Waals surface area contributed by atoms with Crippen molar-refractivity contribution in [2.24, 2.45) is 0 Å². The highest BCUT2D eigenvalue weighted by Gasteiger charge is 2.26. The normalized spacial score (nSPS) is 15.1. The molecule has 1 aliphatic heterocycles. The maximum absolute atomic E-state index is 13.3. The Hall–Kier alpha value is -2.75. The number of likely N-dealkylation sites (tertiary alicyclic amines) is 1. The molecule has 0 bridgehead atoms. The van der Waals surface area contributed by atoms with Gasteiger partial charge in [-0.2, -0.15) is 0 Å². The van der Waals surface area contributed by atoms with Crippen molar-refractivity contribution < 1.29 is 22.3 Å². The van der Waals surface area contributed by atoms with Gasteiger partial charge in [-0.15, -0.1) is 0 Å². The standard InChI is InChI=1S/C22H21ClFN3O4S/c23-18-13-17(6-7-19(18)24)32(29,30)26-14-21(28)27-11-8-16(9-12-27)31-20-5-1-3-15-4-2-10-25-22(15)20/h1-7,10,13,16,26H,8-9,11-12,14H2. The van der Waals surface area contributed by atoms with E-state index in [-0.39, 0.29) is 21.9 Å². The van der Waals surface area contributed by atoms with Crippen LogP contribution in [0.4, 0.5) is 4.39 Å². The molecule has 1 saturated heterocycles. The lowest BCUT2D eigenvalue weighted by Gasteiger charge is -2.32. The summed E-state index contributed by atoms with van der Waals surface area (Å²) >= 11 is 5.65. The van der Waals surface area contributed by atoms with Crippen LogP contribution in [0, 0.1) is 5.82 Å². The molecule has 0 aliphatic carbocycles. The smallest absolute Gasteiger partial charge is 0.241 e. The van der Waals surface area contributed by atoms with Gasteiger partial charge >= 0.3 is 0 Å². The number of carbonyl (C=O) groups excluding carboxylic acids is 1. The van der Waals surface area contributed by atoms with E-state index in [1.54, 1.807) is 11.1 Å². The average Bonchev–Trinajstić information content (AvgIpc) is 2.80. The highest BCUT2D eigenvalue weighted by atomic mass is 35.5. The molecule has 1 fully saturated rings. The Labute approximate surface area is 190 Å². The van der Waals surface area contributed by atoms with E-state index in [9.17, 15) is 17.6 Å². The number of amides is 1. The maximum atomic E-state index is 13.3. The molecule has 2 aromatic carbocycles. The minimum atomic E-state index is -3.99. The third-order valence-corrected chi connectivity index (χ3v) is 6.99. The van der Waals surface area contributed by atoms with Crippen LogP contribution in [0.3, 0.4) is 0 Å². The van der Waals surface area contributed by atoms with Gasteiger partial charge in [-0.05, 0) is 30.3 Å². The summed E-state index contributed by atoms with van der Waals surface area (Å²) in [5.41, 5.74) is 0.795. The van der Waals surface area contributed by atoms with Crippen LogP contribution in [0.2, 0.25) is 5.02 Å². The highest BCUT2D eigenvalue weighted by Crippen LogP contribution is 2.26. The van der Waals surface area contributed by atoms with Crippen LogP contribution in [-0.2, 0) is 14.8 Å². The number of piperidine rings is 1. The van der Waals surface area contributed by atoms with Gasteiger partial charge in [0.05, 0.1) is 16.5 Å². The molecular weight excluding hydrogens is 457 g/mol. The first-order chi connectivity index (χ1) is 15.3. The largest absolute Gasteiger partial charge is 0.488 e. The molecule has 1 amide bonds. The Kier molecular flexibility index (Phi) is 6.59. The Morgan fingerprint density at radius 3 is 2.69 bits per heavy atom. The van der Waals surface area contributed by atoms with Gasteiger partial charge in [0.15, 0.2) is 0 Å². The lowest BCUT2D eigenvalue weighted by Crippen LogP contribution is -2.46. The maximum Gasteiger partial charge on any atom is 0.241 e. The fraction of sp³-hybridized carbons (Fsp3) is 0.273. The lowest BCUT2D eigenvalue weighted by molar-refractivity contribution is -0.131. The van der Waals surface area contributed by atoms with Crippen LogP contribution >= 0.6 is 11.6 Å². The zero-order valence-corrected chi connectivity index (χ0v) is 18.6. The van der Waals surface area contributed by atoms with Gasteiger partial charge in [0, 0.05) is 37.5 Å². The second-order valence-electron chi connectivity index (χ2n) is 7.43. The second kappa shape index (κ2) is 9.40. The van der Waals surface area contributed by atoms with Gasteiger partial charge in [0.25, 0.3) is 0 Å². The number of hydrogen-bond donors (Lipinski definition) is 1. The minimum absolute atomic E-state index is 0.0651. The Morgan fingerprint density at radius 1 is 1.19 bits per heavy atom. The van der Waals surface area contributed by atoms with Crippen molar-refractivity contribution in [3.05, 3.63) is 65.6 Å². The average molecular weight is 478 g/mol. The SMILES string of the molecule is O=C(CNS(=O)(=O)c1ccc(F)c(Cl)c1)N1CCC(Oc2cccc3cccnc23)CC1. The molecule has 1 aliphatic rings. The molecule has 168 valence electrons. The van der Waals surface area contributed by atoms with Crippen LogP contribution in [0.1, 0.15) is 12.8 Å². The number of sulfonamides is 1. The summed E-state index contributed by atoms with van der Waals surface area (Å²) in [4.78, 5) is 18.3.